The molecule has 0 heterocycles. The second kappa shape index (κ2) is 14.2. The van der Waals surface area contributed by atoms with Crippen molar-refractivity contribution in [1.82, 2.24) is 5.32 Å². The van der Waals surface area contributed by atoms with Crippen LogP contribution in [0.3, 0.4) is 0 Å². The Kier molecular flexibility index (Phi) is 12.6. The van der Waals surface area contributed by atoms with Crippen LogP contribution in [0.1, 0.15) is 26.7 Å². The highest BCUT2D eigenvalue weighted by atomic mass is 33.1. The Hall–Kier alpha value is -0.890. The molecule has 1 aromatic carbocycles. The van der Waals surface area contributed by atoms with Crippen molar-refractivity contribution in [2.75, 3.05) is 45.8 Å². The monoisotopic (exact) mass is 401 g/mol. The van der Waals surface area contributed by atoms with Gasteiger partial charge < -0.3 is 19.5 Å². The molecule has 0 unspecified atom stereocenters. The molecule has 7 heteroatoms. The molecule has 0 aliphatic rings. The van der Waals surface area contributed by atoms with Gasteiger partial charge in [0, 0.05) is 17.7 Å². The van der Waals surface area contributed by atoms with Crippen molar-refractivity contribution in [3.8, 4) is 5.75 Å². The first-order valence-electron chi connectivity index (χ1n) is 8.85. The van der Waals surface area contributed by atoms with Gasteiger partial charge in [-0.25, -0.2) is 0 Å². The zero-order chi connectivity index (χ0) is 19.1. The number of rotatable bonds is 15. The van der Waals surface area contributed by atoms with Gasteiger partial charge in [0.05, 0.1) is 26.4 Å². The maximum absolute atomic E-state index is 11.8. The van der Waals surface area contributed by atoms with Crippen molar-refractivity contribution in [3.05, 3.63) is 30.3 Å². The number of para-hydroxylation sites is 1. The van der Waals surface area contributed by atoms with E-state index < -0.39 is 0 Å². The van der Waals surface area contributed by atoms with E-state index >= 15 is 0 Å². The predicted octanol–water partition coefficient (Wildman–Crippen LogP) is 3.78. The molecule has 26 heavy (non-hydrogen) atoms. The van der Waals surface area contributed by atoms with Crippen LogP contribution in [0, 0.1) is 0 Å². The van der Waals surface area contributed by atoms with E-state index in [1.807, 2.05) is 30.3 Å². The highest BCUT2D eigenvalue weighted by Crippen LogP contribution is 2.36. The first kappa shape index (κ1) is 23.1. The average molecular weight is 402 g/mol. The van der Waals surface area contributed by atoms with Crippen molar-refractivity contribution in [1.29, 1.82) is 0 Å². The standard InChI is InChI=1S/C19H31NO4S2/c1-19(2,26-25-3)10-9-18(21)20-11-12-22-13-14-23-15-16-24-17-7-5-4-6-8-17/h4-8H,9-16H2,1-3H3,(H,20,21). The highest BCUT2D eigenvalue weighted by Gasteiger charge is 2.19. The molecule has 5 nitrogen and oxygen atoms in total. The molecule has 1 rings (SSSR count). The predicted molar refractivity (Wildman–Crippen MR) is 111 cm³/mol. The number of hydrogen-bond acceptors (Lipinski definition) is 6. The maximum Gasteiger partial charge on any atom is 0.220 e. The molecule has 0 aliphatic carbocycles. The van der Waals surface area contributed by atoms with Gasteiger partial charge in [0.1, 0.15) is 12.4 Å². The van der Waals surface area contributed by atoms with Crippen molar-refractivity contribution >= 4 is 27.5 Å². The molecule has 148 valence electrons. The van der Waals surface area contributed by atoms with Crippen molar-refractivity contribution in [2.45, 2.75) is 31.4 Å². The van der Waals surface area contributed by atoms with E-state index in [9.17, 15) is 4.79 Å². The summed E-state index contributed by atoms with van der Waals surface area (Å²) < 4.78 is 16.5. The molecule has 0 saturated heterocycles. The maximum atomic E-state index is 11.8. The van der Waals surface area contributed by atoms with Crippen molar-refractivity contribution in [2.24, 2.45) is 0 Å². The summed E-state index contributed by atoms with van der Waals surface area (Å²) in [4.78, 5) is 11.8. The molecule has 1 N–H and O–H groups in total. The van der Waals surface area contributed by atoms with E-state index in [4.69, 9.17) is 14.2 Å². The van der Waals surface area contributed by atoms with Crippen LogP contribution in [0.15, 0.2) is 30.3 Å². The van der Waals surface area contributed by atoms with Crippen LogP contribution in [0.25, 0.3) is 0 Å². The van der Waals surface area contributed by atoms with Crippen LogP contribution in [-0.4, -0.2) is 56.5 Å². The summed E-state index contributed by atoms with van der Waals surface area (Å²) in [5.74, 6) is 0.927. The summed E-state index contributed by atoms with van der Waals surface area (Å²) in [6, 6.07) is 9.66. The average Bonchev–Trinajstić information content (AvgIpc) is 2.62. The van der Waals surface area contributed by atoms with Crippen LogP contribution in [0.2, 0.25) is 0 Å². The third-order valence-corrected chi connectivity index (χ3v) is 6.12. The SMILES string of the molecule is CSSC(C)(C)CCC(=O)NCCOCCOCCOc1ccccc1. The molecule has 0 fully saturated rings. The Labute approximate surface area is 165 Å². The summed E-state index contributed by atoms with van der Waals surface area (Å²) in [5, 5.41) is 2.89. The van der Waals surface area contributed by atoms with E-state index in [1.54, 1.807) is 21.6 Å². The Bertz CT molecular complexity index is 486. The lowest BCUT2D eigenvalue weighted by molar-refractivity contribution is -0.121. The number of carbonyl (C=O) groups excluding carboxylic acids is 1. The topological polar surface area (TPSA) is 56.8 Å². The Morgan fingerprint density at radius 1 is 1.04 bits per heavy atom. The Balaban J connectivity index is 1.87. The minimum absolute atomic E-state index is 0.0812. The minimum Gasteiger partial charge on any atom is -0.491 e. The second-order valence-electron chi connectivity index (χ2n) is 6.25. The summed E-state index contributed by atoms with van der Waals surface area (Å²) in [7, 11) is 3.54. The highest BCUT2D eigenvalue weighted by molar-refractivity contribution is 8.76. The summed E-state index contributed by atoms with van der Waals surface area (Å²) >= 11 is 0. The second-order valence-corrected chi connectivity index (χ2v) is 9.35. The van der Waals surface area contributed by atoms with Crippen LogP contribution in [-0.2, 0) is 14.3 Å². The summed E-state index contributed by atoms with van der Waals surface area (Å²) in [5.41, 5.74) is 0. The van der Waals surface area contributed by atoms with Gasteiger partial charge in [-0.1, -0.05) is 39.8 Å². The van der Waals surface area contributed by atoms with Gasteiger partial charge >= 0.3 is 0 Å². The molecule has 0 aromatic heterocycles. The molecule has 0 atom stereocenters. The van der Waals surface area contributed by atoms with Gasteiger partial charge in [0.25, 0.3) is 0 Å². The number of hydrogen-bond donors (Lipinski definition) is 1. The number of benzene rings is 1. The van der Waals surface area contributed by atoms with Gasteiger partial charge in [-0.2, -0.15) is 0 Å². The first-order valence-corrected chi connectivity index (χ1v) is 11.4. The molecule has 0 radical (unpaired) electrons. The molecular formula is C19H31NO4S2. The third kappa shape index (κ3) is 12.5. The van der Waals surface area contributed by atoms with E-state index in [1.165, 1.54) is 0 Å². The fourth-order valence-corrected chi connectivity index (χ4v) is 4.33. The largest absolute Gasteiger partial charge is 0.491 e. The zero-order valence-electron chi connectivity index (χ0n) is 16.0. The third-order valence-electron chi connectivity index (χ3n) is 3.44. The van der Waals surface area contributed by atoms with Crippen LogP contribution < -0.4 is 10.1 Å². The van der Waals surface area contributed by atoms with E-state index in [-0.39, 0.29) is 10.7 Å². The van der Waals surface area contributed by atoms with Gasteiger partial charge in [-0.15, -0.1) is 0 Å². The van der Waals surface area contributed by atoms with Gasteiger partial charge in [-0.3, -0.25) is 4.79 Å². The zero-order valence-corrected chi connectivity index (χ0v) is 17.6. The molecule has 1 aromatic rings. The molecule has 0 bridgehead atoms. The number of carbonyl (C=O) groups is 1. The van der Waals surface area contributed by atoms with Crippen LogP contribution in [0.5, 0.6) is 5.75 Å². The van der Waals surface area contributed by atoms with Crippen molar-refractivity contribution in [3.63, 3.8) is 0 Å². The van der Waals surface area contributed by atoms with E-state index in [0.717, 1.165) is 12.2 Å². The fraction of sp³-hybridized carbons (Fsp3) is 0.632. The normalized spacial score (nSPS) is 11.3. The molecule has 0 saturated carbocycles. The summed E-state index contributed by atoms with van der Waals surface area (Å²) in [6.45, 7) is 7.43. The van der Waals surface area contributed by atoms with Gasteiger partial charge in [-0.05, 0) is 38.7 Å². The first-order chi connectivity index (χ1) is 12.5. The van der Waals surface area contributed by atoms with E-state index in [0.29, 0.717) is 46.0 Å². The molecular weight excluding hydrogens is 370 g/mol. The number of ether oxygens (including phenoxy) is 3. The Morgan fingerprint density at radius 2 is 1.69 bits per heavy atom. The molecule has 1 amide bonds. The van der Waals surface area contributed by atoms with Crippen molar-refractivity contribution < 1.29 is 19.0 Å². The number of amides is 1. The lowest BCUT2D eigenvalue weighted by Crippen LogP contribution is -2.29. The summed E-state index contributed by atoms with van der Waals surface area (Å²) in [6.07, 6.45) is 3.47. The minimum atomic E-state index is 0.0812. The lowest BCUT2D eigenvalue weighted by Gasteiger charge is -2.21. The van der Waals surface area contributed by atoms with Crippen LogP contribution in [0.4, 0.5) is 0 Å². The number of nitrogens with one attached hydrogen (secondary N) is 1. The lowest BCUT2D eigenvalue weighted by atomic mass is 10.1. The Morgan fingerprint density at radius 3 is 2.38 bits per heavy atom. The van der Waals surface area contributed by atoms with Gasteiger partial charge in [0.2, 0.25) is 5.91 Å². The molecule has 0 spiro atoms. The van der Waals surface area contributed by atoms with Crippen LogP contribution >= 0.6 is 21.6 Å². The van der Waals surface area contributed by atoms with E-state index in [2.05, 4.69) is 25.4 Å². The fourth-order valence-electron chi connectivity index (χ4n) is 2.09. The molecule has 0 aliphatic heterocycles. The quantitative estimate of drug-likeness (QED) is 0.356. The van der Waals surface area contributed by atoms with Gasteiger partial charge in [0.15, 0.2) is 0 Å². The smallest absolute Gasteiger partial charge is 0.220 e.